The van der Waals surface area contributed by atoms with Gasteiger partial charge in [-0.2, -0.15) is 0 Å². The average molecular weight is 355 g/mol. The third-order valence-electron chi connectivity index (χ3n) is 5.53. The number of carbonyl (C=O) groups excluding carboxylic acids is 1. The Labute approximate surface area is 154 Å². The van der Waals surface area contributed by atoms with Crippen LogP contribution in [0.25, 0.3) is 0 Å². The number of amides is 1. The molecule has 2 aromatic carbocycles. The monoisotopic (exact) mass is 354 g/mol. The van der Waals surface area contributed by atoms with Gasteiger partial charge in [-0.05, 0) is 55.5 Å². The van der Waals surface area contributed by atoms with Gasteiger partial charge in [0.1, 0.15) is 0 Å². The SMILES string of the molecule is O=C(NC1C[C@H]2CC[C@@H](C1)N2Cc1ccccc1)c1ccc(Cl)cc1. The molecule has 2 fully saturated rings. The van der Waals surface area contributed by atoms with E-state index in [1.54, 1.807) is 24.3 Å². The number of rotatable bonds is 4. The fourth-order valence-electron chi connectivity index (χ4n) is 4.31. The van der Waals surface area contributed by atoms with Crippen LogP contribution in [0.5, 0.6) is 0 Å². The first-order valence-electron chi connectivity index (χ1n) is 9.05. The molecule has 2 aromatic rings. The molecule has 0 radical (unpaired) electrons. The molecular formula is C21H23ClN2O. The average Bonchev–Trinajstić information content (AvgIpc) is 2.86. The van der Waals surface area contributed by atoms with Gasteiger partial charge in [-0.25, -0.2) is 0 Å². The van der Waals surface area contributed by atoms with Gasteiger partial charge in [0, 0.05) is 35.3 Å². The van der Waals surface area contributed by atoms with Crippen LogP contribution >= 0.6 is 11.6 Å². The molecule has 0 aliphatic carbocycles. The first kappa shape index (κ1) is 16.6. The molecule has 2 heterocycles. The van der Waals surface area contributed by atoms with E-state index in [0.29, 0.717) is 22.7 Å². The van der Waals surface area contributed by atoms with Crippen LogP contribution in [-0.4, -0.2) is 28.9 Å². The van der Waals surface area contributed by atoms with Crippen LogP contribution in [0.4, 0.5) is 0 Å². The molecule has 2 bridgehead atoms. The van der Waals surface area contributed by atoms with Gasteiger partial charge in [0.15, 0.2) is 0 Å². The molecule has 3 atom stereocenters. The molecule has 2 aliphatic heterocycles. The number of fused-ring (bicyclic) bond motifs is 2. The molecule has 0 aromatic heterocycles. The van der Waals surface area contributed by atoms with E-state index in [0.717, 1.165) is 19.4 Å². The Hall–Kier alpha value is -1.84. The predicted octanol–water partition coefficient (Wildman–Crippen LogP) is 4.27. The summed E-state index contributed by atoms with van der Waals surface area (Å²) in [6.07, 6.45) is 4.57. The van der Waals surface area contributed by atoms with Gasteiger partial charge in [0.2, 0.25) is 0 Å². The number of carbonyl (C=O) groups is 1. The van der Waals surface area contributed by atoms with E-state index in [-0.39, 0.29) is 11.9 Å². The van der Waals surface area contributed by atoms with Gasteiger partial charge in [-0.1, -0.05) is 41.9 Å². The van der Waals surface area contributed by atoms with Crippen molar-refractivity contribution in [1.82, 2.24) is 10.2 Å². The highest BCUT2D eigenvalue weighted by molar-refractivity contribution is 6.30. The minimum absolute atomic E-state index is 0.0116. The quantitative estimate of drug-likeness (QED) is 0.889. The maximum Gasteiger partial charge on any atom is 0.251 e. The summed E-state index contributed by atoms with van der Waals surface area (Å²) in [6.45, 7) is 1.02. The number of benzene rings is 2. The van der Waals surface area contributed by atoms with Gasteiger partial charge >= 0.3 is 0 Å². The van der Waals surface area contributed by atoms with E-state index in [4.69, 9.17) is 11.6 Å². The van der Waals surface area contributed by atoms with E-state index in [1.807, 2.05) is 0 Å². The van der Waals surface area contributed by atoms with Crippen LogP contribution in [0.2, 0.25) is 5.02 Å². The number of nitrogens with one attached hydrogen (secondary N) is 1. The fourth-order valence-corrected chi connectivity index (χ4v) is 4.44. The largest absolute Gasteiger partial charge is 0.349 e. The second-order valence-corrected chi connectivity index (χ2v) is 7.63. The lowest BCUT2D eigenvalue weighted by Crippen LogP contribution is -2.49. The topological polar surface area (TPSA) is 32.3 Å². The van der Waals surface area contributed by atoms with Crippen LogP contribution in [0, 0.1) is 0 Å². The van der Waals surface area contributed by atoms with E-state index in [9.17, 15) is 4.79 Å². The highest BCUT2D eigenvalue weighted by Crippen LogP contribution is 2.36. The van der Waals surface area contributed by atoms with Crippen LogP contribution in [0.15, 0.2) is 54.6 Å². The first-order chi connectivity index (χ1) is 12.2. The van der Waals surface area contributed by atoms with Crippen LogP contribution in [0.1, 0.15) is 41.6 Å². The zero-order valence-electron chi connectivity index (χ0n) is 14.2. The smallest absolute Gasteiger partial charge is 0.251 e. The number of hydrogen-bond acceptors (Lipinski definition) is 2. The number of nitrogens with zero attached hydrogens (tertiary/aromatic N) is 1. The van der Waals surface area contributed by atoms with Crippen molar-refractivity contribution in [3.05, 3.63) is 70.7 Å². The molecule has 2 saturated heterocycles. The summed E-state index contributed by atoms with van der Waals surface area (Å²) in [4.78, 5) is 15.1. The second kappa shape index (κ2) is 7.19. The lowest BCUT2D eigenvalue weighted by Gasteiger charge is -2.39. The maximum absolute atomic E-state index is 12.5. The zero-order valence-corrected chi connectivity index (χ0v) is 15.0. The third-order valence-corrected chi connectivity index (χ3v) is 5.79. The summed E-state index contributed by atoms with van der Waals surface area (Å²) < 4.78 is 0. The second-order valence-electron chi connectivity index (χ2n) is 7.19. The van der Waals surface area contributed by atoms with Crippen LogP contribution in [-0.2, 0) is 6.54 Å². The van der Waals surface area contributed by atoms with Gasteiger partial charge in [0.25, 0.3) is 5.91 Å². The summed E-state index contributed by atoms with van der Waals surface area (Å²) in [5.41, 5.74) is 2.06. The molecule has 1 amide bonds. The minimum Gasteiger partial charge on any atom is -0.349 e. The van der Waals surface area contributed by atoms with E-state index >= 15 is 0 Å². The van der Waals surface area contributed by atoms with Crippen molar-refractivity contribution in [2.75, 3.05) is 0 Å². The Balaban J connectivity index is 1.38. The Bertz CT molecular complexity index is 717. The molecule has 4 rings (SSSR count). The molecule has 1 N–H and O–H groups in total. The van der Waals surface area contributed by atoms with Crippen molar-refractivity contribution in [1.29, 1.82) is 0 Å². The van der Waals surface area contributed by atoms with Crippen molar-refractivity contribution in [3.8, 4) is 0 Å². The molecule has 1 unspecified atom stereocenters. The highest BCUT2D eigenvalue weighted by atomic mass is 35.5. The van der Waals surface area contributed by atoms with Gasteiger partial charge in [0.05, 0.1) is 0 Å². The van der Waals surface area contributed by atoms with Gasteiger partial charge in [-0.15, -0.1) is 0 Å². The van der Waals surface area contributed by atoms with Crippen LogP contribution < -0.4 is 5.32 Å². The van der Waals surface area contributed by atoms with E-state index in [2.05, 4.69) is 40.5 Å². The van der Waals surface area contributed by atoms with Crippen molar-refractivity contribution >= 4 is 17.5 Å². The standard InChI is InChI=1S/C21H23ClN2O/c22-17-8-6-16(7-9-17)21(25)23-18-12-19-10-11-20(13-18)24(19)14-15-4-2-1-3-5-15/h1-9,18-20H,10-14H2,(H,23,25)/t18?,19-,20+. The number of piperidine rings is 1. The van der Waals surface area contributed by atoms with Crippen molar-refractivity contribution < 1.29 is 4.79 Å². The highest BCUT2D eigenvalue weighted by Gasteiger charge is 2.40. The van der Waals surface area contributed by atoms with Crippen molar-refractivity contribution in [3.63, 3.8) is 0 Å². The summed E-state index contributed by atoms with van der Waals surface area (Å²) in [6, 6.07) is 19.2. The summed E-state index contributed by atoms with van der Waals surface area (Å²) in [5, 5.41) is 3.89. The van der Waals surface area contributed by atoms with Crippen molar-refractivity contribution in [2.24, 2.45) is 0 Å². The van der Waals surface area contributed by atoms with Crippen molar-refractivity contribution in [2.45, 2.75) is 50.4 Å². The van der Waals surface area contributed by atoms with E-state index < -0.39 is 0 Å². The molecule has 25 heavy (non-hydrogen) atoms. The Morgan fingerprint density at radius 1 is 1.00 bits per heavy atom. The zero-order chi connectivity index (χ0) is 17.2. The number of hydrogen-bond donors (Lipinski definition) is 1. The molecule has 130 valence electrons. The van der Waals surface area contributed by atoms with Gasteiger partial charge in [-0.3, -0.25) is 9.69 Å². The van der Waals surface area contributed by atoms with Crippen LogP contribution in [0.3, 0.4) is 0 Å². The number of halogens is 1. The summed E-state index contributed by atoms with van der Waals surface area (Å²) in [5.74, 6) is 0.0116. The fraction of sp³-hybridized carbons (Fsp3) is 0.381. The molecule has 3 nitrogen and oxygen atoms in total. The lowest BCUT2D eigenvalue weighted by molar-refractivity contribution is 0.0828. The Kier molecular flexibility index (Phi) is 4.78. The molecular weight excluding hydrogens is 332 g/mol. The summed E-state index contributed by atoms with van der Waals surface area (Å²) in [7, 11) is 0. The Morgan fingerprint density at radius 2 is 1.64 bits per heavy atom. The van der Waals surface area contributed by atoms with E-state index in [1.165, 1.54) is 18.4 Å². The molecule has 4 heteroatoms. The summed E-state index contributed by atoms with van der Waals surface area (Å²) >= 11 is 5.90. The predicted molar refractivity (Wildman–Crippen MR) is 101 cm³/mol. The Morgan fingerprint density at radius 3 is 2.28 bits per heavy atom. The molecule has 2 aliphatic rings. The molecule has 0 spiro atoms. The normalized spacial score (nSPS) is 25.7. The first-order valence-corrected chi connectivity index (χ1v) is 9.43. The third kappa shape index (κ3) is 3.73. The van der Waals surface area contributed by atoms with Gasteiger partial charge < -0.3 is 5.32 Å². The maximum atomic E-state index is 12.5. The molecule has 0 saturated carbocycles. The minimum atomic E-state index is 0.0116. The lowest BCUT2D eigenvalue weighted by atomic mass is 9.96.